The maximum atomic E-state index is 5.55. The van der Waals surface area contributed by atoms with Gasteiger partial charge in [0.15, 0.2) is 0 Å². The molecular weight excluding hydrogens is 248 g/mol. The van der Waals surface area contributed by atoms with Gasteiger partial charge in [0.2, 0.25) is 5.89 Å². The molecule has 1 aliphatic heterocycles. The molecule has 1 saturated heterocycles. The van der Waals surface area contributed by atoms with Gasteiger partial charge in [-0.2, -0.15) is 11.8 Å². The lowest BCUT2D eigenvalue weighted by molar-refractivity contribution is 0.464. The van der Waals surface area contributed by atoms with E-state index in [9.17, 15) is 0 Å². The lowest BCUT2D eigenvalue weighted by atomic mass is 10.0. The zero-order chi connectivity index (χ0) is 12.2. The highest BCUT2D eigenvalue weighted by molar-refractivity contribution is 7.99. The van der Waals surface area contributed by atoms with Crippen molar-refractivity contribution in [2.45, 2.75) is 38.3 Å². The quantitative estimate of drug-likeness (QED) is 0.821. The standard InChI is InChI=1S/C12H20N4OS/c1-2-10(1)13-8-11-15-16-12(17-11)14-7-9-3-5-18-6-4-9/h9-10,13H,1-8H2,(H,14,16). The monoisotopic (exact) mass is 268 g/mol. The van der Waals surface area contributed by atoms with Crippen LogP contribution in [0.2, 0.25) is 0 Å². The number of hydrogen-bond donors (Lipinski definition) is 2. The van der Waals surface area contributed by atoms with Crippen molar-refractivity contribution in [3.8, 4) is 0 Å². The fourth-order valence-corrected chi connectivity index (χ4v) is 3.30. The molecule has 0 aromatic carbocycles. The van der Waals surface area contributed by atoms with Crippen LogP contribution in [-0.4, -0.2) is 34.3 Å². The highest BCUT2D eigenvalue weighted by Crippen LogP contribution is 2.23. The van der Waals surface area contributed by atoms with Crippen LogP contribution in [0, 0.1) is 5.92 Å². The van der Waals surface area contributed by atoms with Crippen LogP contribution in [0.3, 0.4) is 0 Å². The minimum absolute atomic E-state index is 0.570. The van der Waals surface area contributed by atoms with Gasteiger partial charge in [0.25, 0.3) is 0 Å². The van der Waals surface area contributed by atoms with Crippen LogP contribution in [0.25, 0.3) is 0 Å². The van der Waals surface area contributed by atoms with E-state index >= 15 is 0 Å². The van der Waals surface area contributed by atoms with Crippen molar-refractivity contribution in [2.24, 2.45) is 5.92 Å². The number of rotatable bonds is 6. The minimum atomic E-state index is 0.570. The second-order valence-electron chi connectivity index (χ2n) is 5.09. The number of nitrogens with zero attached hydrogens (tertiary/aromatic N) is 2. The van der Waals surface area contributed by atoms with Gasteiger partial charge in [-0.25, -0.2) is 0 Å². The first-order chi connectivity index (χ1) is 8.90. The molecule has 0 unspecified atom stereocenters. The largest absolute Gasteiger partial charge is 0.407 e. The summed E-state index contributed by atoms with van der Waals surface area (Å²) in [6.45, 7) is 1.65. The van der Waals surface area contributed by atoms with Gasteiger partial charge in [-0.05, 0) is 43.1 Å². The Kier molecular flexibility index (Phi) is 4.05. The summed E-state index contributed by atoms with van der Waals surface area (Å²) in [4.78, 5) is 0. The second-order valence-corrected chi connectivity index (χ2v) is 6.32. The molecule has 0 spiro atoms. The summed E-state index contributed by atoms with van der Waals surface area (Å²) < 4.78 is 5.55. The average Bonchev–Trinajstić information content (AvgIpc) is 3.14. The van der Waals surface area contributed by atoms with Crippen LogP contribution in [-0.2, 0) is 6.54 Å². The van der Waals surface area contributed by atoms with Gasteiger partial charge in [0.1, 0.15) is 0 Å². The first-order valence-electron chi connectivity index (χ1n) is 6.77. The number of nitrogens with one attached hydrogen (secondary N) is 2. The van der Waals surface area contributed by atoms with Gasteiger partial charge < -0.3 is 15.1 Å². The highest BCUT2D eigenvalue weighted by atomic mass is 32.2. The van der Waals surface area contributed by atoms with E-state index in [4.69, 9.17) is 4.42 Å². The van der Waals surface area contributed by atoms with Crippen molar-refractivity contribution < 1.29 is 4.42 Å². The van der Waals surface area contributed by atoms with Crippen LogP contribution >= 0.6 is 11.8 Å². The third-order valence-electron chi connectivity index (χ3n) is 3.47. The van der Waals surface area contributed by atoms with E-state index in [2.05, 4.69) is 32.6 Å². The van der Waals surface area contributed by atoms with E-state index in [1.807, 2.05) is 0 Å². The van der Waals surface area contributed by atoms with Crippen LogP contribution in [0.15, 0.2) is 4.42 Å². The third-order valence-corrected chi connectivity index (χ3v) is 4.52. The Bertz CT molecular complexity index is 374. The zero-order valence-corrected chi connectivity index (χ0v) is 11.3. The van der Waals surface area contributed by atoms with E-state index in [-0.39, 0.29) is 0 Å². The molecule has 5 nitrogen and oxygen atoms in total. The molecule has 1 aromatic rings. The Morgan fingerprint density at radius 3 is 2.78 bits per heavy atom. The fraction of sp³-hybridized carbons (Fsp3) is 0.833. The van der Waals surface area contributed by atoms with Crippen molar-refractivity contribution in [1.29, 1.82) is 0 Å². The van der Waals surface area contributed by atoms with Crippen molar-refractivity contribution >= 4 is 17.8 Å². The van der Waals surface area contributed by atoms with E-state index in [1.165, 1.54) is 37.2 Å². The molecule has 1 aromatic heterocycles. The van der Waals surface area contributed by atoms with Gasteiger partial charge in [-0.15, -0.1) is 5.10 Å². The summed E-state index contributed by atoms with van der Waals surface area (Å²) in [5, 5.41) is 14.7. The predicted octanol–water partition coefficient (Wildman–Crippen LogP) is 1.88. The Morgan fingerprint density at radius 2 is 2.00 bits per heavy atom. The smallest absolute Gasteiger partial charge is 0.315 e. The predicted molar refractivity (Wildman–Crippen MR) is 72.7 cm³/mol. The molecular formula is C12H20N4OS. The molecule has 2 fully saturated rings. The fourth-order valence-electron chi connectivity index (χ4n) is 2.10. The van der Waals surface area contributed by atoms with Crippen LogP contribution in [0.5, 0.6) is 0 Å². The van der Waals surface area contributed by atoms with Gasteiger partial charge in [-0.3, -0.25) is 0 Å². The minimum Gasteiger partial charge on any atom is -0.407 e. The van der Waals surface area contributed by atoms with Crippen LogP contribution < -0.4 is 10.6 Å². The van der Waals surface area contributed by atoms with Gasteiger partial charge in [-0.1, -0.05) is 5.10 Å². The first-order valence-corrected chi connectivity index (χ1v) is 7.93. The molecule has 3 rings (SSSR count). The number of aromatic nitrogens is 2. The zero-order valence-electron chi connectivity index (χ0n) is 10.5. The Morgan fingerprint density at radius 1 is 1.17 bits per heavy atom. The van der Waals surface area contributed by atoms with E-state index in [0.29, 0.717) is 24.5 Å². The van der Waals surface area contributed by atoms with Crippen molar-refractivity contribution in [3.63, 3.8) is 0 Å². The average molecular weight is 268 g/mol. The number of thioether (sulfide) groups is 1. The molecule has 0 atom stereocenters. The van der Waals surface area contributed by atoms with Gasteiger partial charge in [0, 0.05) is 12.6 Å². The SMILES string of the molecule is C1CC(CNc2nnc(CNC3CC3)o2)CCS1. The van der Waals surface area contributed by atoms with Crippen molar-refractivity contribution in [1.82, 2.24) is 15.5 Å². The van der Waals surface area contributed by atoms with E-state index in [0.717, 1.165) is 12.5 Å². The van der Waals surface area contributed by atoms with Crippen molar-refractivity contribution in [3.05, 3.63) is 5.89 Å². The summed E-state index contributed by atoms with van der Waals surface area (Å²) in [7, 11) is 0. The normalized spacial score (nSPS) is 21.1. The summed E-state index contributed by atoms with van der Waals surface area (Å²) in [5.41, 5.74) is 0. The lowest BCUT2D eigenvalue weighted by Crippen LogP contribution is -2.19. The molecule has 2 heterocycles. The van der Waals surface area contributed by atoms with Crippen molar-refractivity contribution in [2.75, 3.05) is 23.4 Å². The Labute approximate surface area is 111 Å². The number of anilines is 1. The van der Waals surface area contributed by atoms with Crippen LogP contribution in [0.4, 0.5) is 6.01 Å². The molecule has 18 heavy (non-hydrogen) atoms. The molecule has 1 saturated carbocycles. The maximum absolute atomic E-state index is 5.55. The molecule has 0 radical (unpaired) electrons. The number of hydrogen-bond acceptors (Lipinski definition) is 6. The molecule has 0 amide bonds. The van der Waals surface area contributed by atoms with Gasteiger partial charge in [0.05, 0.1) is 6.54 Å². The molecule has 0 bridgehead atoms. The topological polar surface area (TPSA) is 63.0 Å². The van der Waals surface area contributed by atoms with E-state index in [1.54, 1.807) is 0 Å². The van der Waals surface area contributed by atoms with Crippen LogP contribution in [0.1, 0.15) is 31.6 Å². The van der Waals surface area contributed by atoms with E-state index < -0.39 is 0 Å². The first kappa shape index (κ1) is 12.3. The second kappa shape index (κ2) is 5.93. The summed E-state index contributed by atoms with van der Waals surface area (Å²) in [6.07, 6.45) is 5.14. The lowest BCUT2D eigenvalue weighted by Gasteiger charge is -2.20. The maximum Gasteiger partial charge on any atom is 0.315 e. The summed E-state index contributed by atoms with van der Waals surface area (Å²) in [6, 6.07) is 1.24. The molecule has 100 valence electrons. The Hall–Kier alpha value is -0.750. The molecule has 1 aliphatic carbocycles. The third kappa shape index (κ3) is 3.62. The highest BCUT2D eigenvalue weighted by Gasteiger charge is 2.21. The molecule has 2 N–H and O–H groups in total. The Balaban J connectivity index is 1.41. The molecule has 6 heteroatoms. The van der Waals surface area contributed by atoms with Gasteiger partial charge >= 0.3 is 6.01 Å². The molecule has 2 aliphatic rings. The summed E-state index contributed by atoms with van der Waals surface area (Å²) in [5.74, 6) is 4.01. The summed E-state index contributed by atoms with van der Waals surface area (Å²) >= 11 is 2.05.